The van der Waals surface area contributed by atoms with E-state index in [4.69, 9.17) is 16.6 Å². The van der Waals surface area contributed by atoms with Crippen LogP contribution in [0, 0.1) is 0 Å². The summed E-state index contributed by atoms with van der Waals surface area (Å²) in [5.74, 6) is 0.592. The second kappa shape index (κ2) is 5.78. The van der Waals surface area contributed by atoms with Crippen molar-refractivity contribution in [2.24, 2.45) is 0 Å². The van der Waals surface area contributed by atoms with E-state index in [9.17, 15) is 5.21 Å². The van der Waals surface area contributed by atoms with Gasteiger partial charge in [0.25, 0.3) is 12.4 Å². The van der Waals surface area contributed by atoms with Gasteiger partial charge < -0.3 is 4.42 Å². The predicted molar refractivity (Wildman–Crippen MR) is 92.9 cm³/mol. The minimum Gasteiger partial charge on any atom is -0.459 e. The van der Waals surface area contributed by atoms with Gasteiger partial charge in [-0.15, -0.1) is 0 Å². The second-order valence-electron chi connectivity index (χ2n) is 5.58. The third kappa shape index (κ3) is 2.76. The molecule has 114 valence electrons. The molecule has 4 nitrogen and oxygen atoms in total. The number of hydroxylamine groups is 1. The van der Waals surface area contributed by atoms with Crippen LogP contribution in [0.4, 0.5) is 5.69 Å². The smallest absolute Gasteiger partial charge is 0.296 e. The van der Waals surface area contributed by atoms with Gasteiger partial charge in [-0.1, -0.05) is 42.2 Å². The zero-order chi connectivity index (χ0) is 15.7. The van der Waals surface area contributed by atoms with E-state index >= 15 is 0 Å². The van der Waals surface area contributed by atoms with Gasteiger partial charge >= 0.3 is 0 Å². The first-order valence-electron chi connectivity index (χ1n) is 6.92. The van der Waals surface area contributed by atoms with Crippen LogP contribution in [0.1, 0.15) is 19.6 Å². The Bertz CT molecular complexity index is 696. The Hall–Kier alpha value is -1.79. The van der Waals surface area contributed by atoms with E-state index in [0.717, 1.165) is 10.0 Å². The Kier molecular flexibility index (Phi) is 3.97. The molecule has 1 aromatic heterocycles. The third-order valence-corrected chi connectivity index (χ3v) is 5.06. The van der Waals surface area contributed by atoms with Crippen LogP contribution in [-0.2, 0) is 0 Å². The van der Waals surface area contributed by atoms with Crippen LogP contribution >= 0.6 is 24.0 Å². The summed E-state index contributed by atoms with van der Waals surface area (Å²) in [5, 5.41) is 10.6. The fourth-order valence-electron chi connectivity index (χ4n) is 2.58. The summed E-state index contributed by atoms with van der Waals surface area (Å²) in [7, 11) is 0. The first-order valence-corrected chi connectivity index (χ1v) is 8.14. The topological polar surface area (TPSA) is 39.6 Å². The van der Waals surface area contributed by atoms with E-state index in [2.05, 4.69) is 13.8 Å². The molecule has 22 heavy (non-hydrogen) atoms. The maximum Gasteiger partial charge on any atom is 0.296 e. The van der Waals surface area contributed by atoms with Gasteiger partial charge in [0.1, 0.15) is 9.07 Å². The molecule has 6 heteroatoms. The molecular weight excluding hydrogens is 316 g/mol. The number of benzene rings is 1. The molecule has 1 fully saturated rings. The van der Waals surface area contributed by atoms with Crippen LogP contribution in [-0.4, -0.2) is 31.4 Å². The van der Waals surface area contributed by atoms with Crippen molar-refractivity contribution in [2.45, 2.75) is 24.8 Å². The number of hydrogen-bond donors (Lipinski definition) is 1. The van der Waals surface area contributed by atoms with E-state index < -0.39 is 0 Å². The van der Waals surface area contributed by atoms with Crippen molar-refractivity contribution >= 4 is 40.2 Å². The molecule has 0 spiro atoms. The van der Waals surface area contributed by atoms with Crippen molar-refractivity contribution in [3.8, 4) is 0 Å². The van der Waals surface area contributed by atoms with Gasteiger partial charge in [0, 0.05) is 5.69 Å². The second-order valence-corrected chi connectivity index (χ2v) is 7.86. The van der Waals surface area contributed by atoms with Gasteiger partial charge in [0.05, 0.1) is 6.26 Å². The summed E-state index contributed by atoms with van der Waals surface area (Å²) in [5.41, 5.74) is 0.961. The molecule has 0 radical (unpaired) electrons. The minimum absolute atomic E-state index is 0.273. The first kappa shape index (κ1) is 15.1. The molecule has 1 saturated heterocycles. The number of anilines is 1. The molecule has 0 amide bonds. The van der Waals surface area contributed by atoms with E-state index in [-0.39, 0.29) is 10.9 Å². The Labute approximate surface area is 139 Å². The lowest BCUT2D eigenvalue weighted by molar-refractivity contribution is -0.796. The molecular formula is C16H17N2O2S2+. The van der Waals surface area contributed by atoms with E-state index in [1.165, 1.54) is 4.74 Å². The number of thiocarbonyl (C=S) groups is 1. The maximum atomic E-state index is 10.6. The number of thioether (sulfide) groups is 1. The van der Waals surface area contributed by atoms with Crippen molar-refractivity contribution in [3.63, 3.8) is 0 Å². The fourth-order valence-corrected chi connectivity index (χ4v) is 4.50. The first-order chi connectivity index (χ1) is 10.5. The monoisotopic (exact) mass is 333 g/mol. The largest absolute Gasteiger partial charge is 0.459 e. The number of rotatable bonds is 3. The summed E-state index contributed by atoms with van der Waals surface area (Å²) in [6, 6.07) is 13.4. The molecule has 0 aliphatic carbocycles. The molecule has 1 aliphatic rings. The van der Waals surface area contributed by atoms with Gasteiger partial charge in [0.15, 0.2) is 5.76 Å². The molecule has 1 aliphatic heterocycles. The van der Waals surface area contributed by atoms with Crippen molar-refractivity contribution in [3.05, 3.63) is 54.5 Å². The van der Waals surface area contributed by atoms with Crippen LogP contribution in [0.2, 0.25) is 0 Å². The van der Waals surface area contributed by atoms with Crippen molar-refractivity contribution in [2.75, 3.05) is 4.90 Å². The number of para-hydroxylation sites is 1. The highest BCUT2D eigenvalue weighted by molar-refractivity contribution is 8.24. The summed E-state index contributed by atoms with van der Waals surface area (Å²) >= 11 is 7.11. The molecule has 1 atom stereocenters. The van der Waals surface area contributed by atoms with Crippen molar-refractivity contribution in [1.29, 1.82) is 0 Å². The molecule has 0 saturated carbocycles. The third-order valence-electron chi connectivity index (χ3n) is 3.50. The highest BCUT2D eigenvalue weighted by Gasteiger charge is 2.53. The highest BCUT2D eigenvalue weighted by Crippen LogP contribution is 2.43. The van der Waals surface area contributed by atoms with Gasteiger partial charge in [0.2, 0.25) is 0 Å². The quantitative estimate of drug-likeness (QED) is 0.305. The van der Waals surface area contributed by atoms with Crippen LogP contribution in [0.15, 0.2) is 53.1 Å². The zero-order valence-electron chi connectivity index (χ0n) is 12.3. The summed E-state index contributed by atoms with van der Waals surface area (Å²) < 4.78 is 6.93. The highest BCUT2D eigenvalue weighted by atomic mass is 32.2. The van der Waals surface area contributed by atoms with Crippen LogP contribution in [0.5, 0.6) is 0 Å². The van der Waals surface area contributed by atoms with Crippen molar-refractivity contribution in [1.82, 2.24) is 0 Å². The number of hydrogen-bond acceptors (Lipinski definition) is 4. The summed E-state index contributed by atoms with van der Waals surface area (Å²) in [6.45, 7) is 4.13. The van der Waals surface area contributed by atoms with Gasteiger partial charge in [-0.3, -0.25) is 10.1 Å². The molecule has 2 aromatic rings. The lowest BCUT2D eigenvalue weighted by Gasteiger charge is -2.25. The SMILES string of the molecule is CC1(C)SC(=S)N(c2ccccc2)C1[N+](O)=Cc1ccco1. The Morgan fingerprint density at radius 2 is 2.00 bits per heavy atom. The average molecular weight is 333 g/mol. The van der Waals surface area contributed by atoms with Crippen LogP contribution in [0.3, 0.4) is 0 Å². The van der Waals surface area contributed by atoms with E-state index in [0.29, 0.717) is 5.76 Å². The van der Waals surface area contributed by atoms with Gasteiger partial charge in [-0.05, 0) is 42.9 Å². The maximum absolute atomic E-state index is 10.6. The zero-order valence-corrected chi connectivity index (χ0v) is 14.0. The predicted octanol–water partition coefficient (Wildman–Crippen LogP) is 3.74. The lowest BCUT2D eigenvalue weighted by atomic mass is 10.1. The minimum atomic E-state index is -0.322. The molecule has 1 N–H and O–H groups in total. The van der Waals surface area contributed by atoms with Gasteiger partial charge in [-0.25, -0.2) is 0 Å². The van der Waals surface area contributed by atoms with Crippen molar-refractivity contribution < 1.29 is 14.4 Å². The van der Waals surface area contributed by atoms with E-state index in [1.54, 1.807) is 36.4 Å². The summed E-state index contributed by atoms with van der Waals surface area (Å²) in [4.78, 5) is 1.97. The normalized spacial score (nSPS) is 21.4. The molecule has 1 aromatic carbocycles. The molecule has 0 bridgehead atoms. The van der Waals surface area contributed by atoms with Crippen LogP contribution in [0.25, 0.3) is 0 Å². The average Bonchev–Trinajstić information content (AvgIpc) is 3.04. The van der Waals surface area contributed by atoms with Crippen LogP contribution < -0.4 is 4.90 Å². The molecule has 1 unspecified atom stereocenters. The Morgan fingerprint density at radius 3 is 2.64 bits per heavy atom. The number of furan rings is 1. The Balaban J connectivity index is 2.03. The summed E-state index contributed by atoms with van der Waals surface area (Å²) in [6.07, 6.45) is 2.84. The van der Waals surface area contributed by atoms with Gasteiger partial charge in [-0.2, -0.15) is 0 Å². The molecule has 2 heterocycles. The Morgan fingerprint density at radius 1 is 1.27 bits per heavy atom. The lowest BCUT2D eigenvalue weighted by Crippen LogP contribution is -2.49. The fraction of sp³-hybridized carbons (Fsp3) is 0.250. The van der Waals surface area contributed by atoms with E-state index in [1.807, 2.05) is 35.2 Å². The molecule has 3 rings (SSSR count). The standard InChI is InChI=1S/C16H17N2O2S2/c1-16(2)14(17(19)11-13-9-6-10-20-13)18(15(21)22-16)12-7-4-3-5-8-12/h3-11,14,19H,1-2H3/q+1. The number of nitrogens with zero attached hydrogens (tertiary/aromatic N) is 2.